The summed E-state index contributed by atoms with van der Waals surface area (Å²) in [5.41, 5.74) is 0.0878. The van der Waals surface area contributed by atoms with Crippen LogP contribution in [0.25, 0.3) is 0 Å². The third-order valence-corrected chi connectivity index (χ3v) is 3.40. The molecule has 86 valence electrons. The van der Waals surface area contributed by atoms with Gasteiger partial charge in [0.15, 0.2) is 5.17 Å². The van der Waals surface area contributed by atoms with Gasteiger partial charge in [0, 0.05) is 17.8 Å². The first-order valence-electron chi connectivity index (χ1n) is 5.21. The number of thioether (sulfide) groups is 1. The lowest BCUT2D eigenvalue weighted by Gasteiger charge is -2.16. The molecule has 1 unspecified atom stereocenters. The lowest BCUT2D eigenvalue weighted by atomic mass is 10.1. The minimum Gasteiger partial charge on any atom is -0.359 e. The second-order valence-electron chi connectivity index (χ2n) is 4.30. The Morgan fingerprint density at radius 2 is 2.40 bits per heavy atom. The smallest absolute Gasteiger partial charge is 0.244 e. The Morgan fingerprint density at radius 3 is 2.87 bits per heavy atom. The number of rotatable bonds is 3. The first-order valence-corrected chi connectivity index (χ1v) is 6.19. The summed E-state index contributed by atoms with van der Waals surface area (Å²) < 4.78 is 0. The molecule has 1 atom stereocenters. The quantitative estimate of drug-likeness (QED) is 0.758. The molecule has 0 aromatic rings. The Hall–Kier alpha value is -0.710. The number of nitrogens with zero attached hydrogens (tertiary/aromatic N) is 1. The molecule has 0 radical (unpaired) electrons. The van der Waals surface area contributed by atoms with E-state index in [0.29, 0.717) is 6.54 Å². The SMILES string of the molecule is CCNC(=O)C(C)N=C1NC(C)(C)CS1. The van der Waals surface area contributed by atoms with Gasteiger partial charge in [-0.3, -0.25) is 4.79 Å². The summed E-state index contributed by atoms with van der Waals surface area (Å²) in [7, 11) is 0. The van der Waals surface area contributed by atoms with Crippen LogP contribution in [0.1, 0.15) is 27.7 Å². The summed E-state index contributed by atoms with van der Waals surface area (Å²) in [6, 6.07) is -0.311. The molecule has 4 nitrogen and oxygen atoms in total. The van der Waals surface area contributed by atoms with E-state index in [2.05, 4.69) is 29.5 Å². The minimum atomic E-state index is -0.311. The Bertz CT molecular complexity index is 276. The number of carbonyl (C=O) groups is 1. The van der Waals surface area contributed by atoms with Gasteiger partial charge in [-0.2, -0.15) is 0 Å². The maximum Gasteiger partial charge on any atom is 0.244 e. The molecule has 0 saturated carbocycles. The standard InChI is InChI=1S/C10H19N3OS/c1-5-11-8(14)7(2)12-9-13-10(3,4)6-15-9/h7H,5-6H2,1-4H3,(H,11,14)(H,12,13). The van der Waals surface area contributed by atoms with E-state index in [0.717, 1.165) is 10.9 Å². The van der Waals surface area contributed by atoms with Crippen molar-refractivity contribution in [3.05, 3.63) is 0 Å². The summed E-state index contributed by atoms with van der Waals surface area (Å²) in [5.74, 6) is 0.977. The highest BCUT2D eigenvalue weighted by Gasteiger charge is 2.28. The topological polar surface area (TPSA) is 53.5 Å². The molecule has 1 aliphatic heterocycles. The van der Waals surface area contributed by atoms with E-state index in [1.807, 2.05) is 13.8 Å². The number of carbonyl (C=O) groups excluding carboxylic acids is 1. The van der Waals surface area contributed by atoms with Crippen LogP contribution in [0.5, 0.6) is 0 Å². The van der Waals surface area contributed by atoms with E-state index in [-0.39, 0.29) is 17.5 Å². The van der Waals surface area contributed by atoms with Crippen molar-refractivity contribution in [3.8, 4) is 0 Å². The van der Waals surface area contributed by atoms with E-state index >= 15 is 0 Å². The lowest BCUT2D eigenvalue weighted by molar-refractivity contribution is -0.121. The van der Waals surface area contributed by atoms with Crippen LogP contribution in [0.2, 0.25) is 0 Å². The number of hydrogen-bond acceptors (Lipinski definition) is 3. The molecule has 1 saturated heterocycles. The van der Waals surface area contributed by atoms with E-state index in [4.69, 9.17) is 0 Å². The number of likely N-dealkylation sites (N-methyl/N-ethyl adjacent to an activating group) is 1. The molecule has 1 heterocycles. The van der Waals surface area contributed by atoms with Gasteiger partial charge >= 0.3 is 0 Å². The van der Waals surface area contributed by atoms with Crippen LogP contribution >= 0.6 is 11.8 Å². The molecule has 1 aliphatic rings. The fraction of sp³-hybridized carbons (Fsp3) is 0.800. The highest BCUT2D eigenvalue weighted by atomic mass is 32.2. The van der Waals surface area contributed by atoms with Crippen molar-refractivity contribution in [2.75, 3.05) is 12.3 Å². The summed E-state index contributed by atoms with van der Waals surface area (Å²) in [6.45, 7) is 8.62. The van der Waals surface area contributed by atoms with Crippen molar-refractivity contribution < 1.29 is 4.79 Å². The summed E-state index contributed by atoms with van der Waals surface area (Å²) >= 11 is 1.67. The molecule has 1 fully saturated rings. The van der Waals surface area contributed by atoms with Crippen molar-refractivity contribution in [1.82, 2.24) is 10.6 Å². The molecule has 15 heavy (non-hydrogen) atoms. The molecular formula is C10H19N3OS. The zero-order valence-corrected chi connectivity index (χ0v) is 10.6. The van der Waals surface area contributed by atoms with Gasteiger partial charge in [0.05, 0.1) is 0 Å². The van der Waals surface area contributed by atoms with Gasteiger partial charge in [0.1, 0.15) is 6.04 Å². The molecule has 5 heteroatoms. The van der Waals surface area contributed by atoms with Crippen molar-refractivity contribution in [3.63, 3.8) is 0 Å². The molecule has 2 N–H and O–H groups in total. The number of amides is 1. The summed E-state index contributed by atoms with van der Waals surface area (Å²) in [5, 5.41) is 6.92. The van der Waals surface area contributed by atoms with Crippen LogP contribution in [-0.2, 0) is 4.79 Å². The number of nitrogens with one attached hydrogen (secondary N) is 2. The fourth-order valence-corrected chi connectivity index (χ4v) is 2.39. The monoisotopic (exact) mass is 229 g/mol. The maximum absolute atomic E-state index is 11.4. The van der Waals surface area contributed by atoms with Gasteiger partial charge in [0.25, 0.3) is 0 Å². The van der Waals surface area contributed by atoms with Crippen molar-refractivity contribution in [2.24, 2.45) is 4.99 Å². The van der Waals surface area contributed by atoms with Gasteiger partial charge in [-0.25, -0.2) is 4.99 Å². The number of amidine groups is 1. The predicted octanol–water partition coefficient (Wildman–Crippen LogP) is 0.982. The van der Waals surface area contributed by atoms with Crippen LogP contribution < -0.4 is 10.6 Å². The van der Waals surface area contributed by atoms with Gasteiger partial charge in [-0.15, -0.1) is 0 Å². The van der Waals surface area contributed by atoms with Crippen molar-refractivity contribution >= 4 is 22.8 Å². The molecule has 0 aromatic carbocycles. The summed E-state index contributed by atoms with van der Waals surface area (Å²) in [4.78, 5) is 15.8. The van der Waals surface area contributed by atoms with Crippen LogP contribution in [0.15, 0.2) is 4.99 Å². The highest BCUT2D eigenvalue weighted by Crippen LogP contribution is 2.22. The Morgan fingerprint density at radius 1 is 1.73 bits per heavy atom. The van der Waals surface area contributed by atoms with Gasteiger partial charge in [-0.1, -0.05) is 11.8 Å². The zero-order valence-electron chi connectivity index (χ0n) is 9.76. The molecule has 1 rings (SSSR count). The number of aliphatic imine (C=N–C) groups is 1. The van der Waals surface area contributed by atoms with E-state index < -0.39 is 0 Å². The second-order valence-corrected chi connectivity index (χ2v) is 5.27. The Labute approximate surface area is 95.3 Å². The van der Waals surface area contributed by atoms with Crippen LogP contribution in [0, 0.1) is 0 Å². The van der Waals surface area contributed by atoms with Crippen molar-refractivity contribution in [1.29, 1.82) is 0 Å². The zero-order chi connectivity index (χ0) is 11.5. The Balaban J connectivity index is 2.53. The van der Waals surface area contributed by atoms with Gasteiger partial charge < -0.3 is 10.6 Å². The normalized spacial score (nSPS) is 23.6. The Kier molecular flexibility index (Phi) is 4.02. The van der Waals surface area contributed by atoms with E-state index in [1.54, 1.807) is 11.8 Å². The number of hydrogen-bond donors (Lipinski definition) is 2. The van der Waals surface area contributed by atoms with E-state index in [1.165, 1.54) is 0 Å². The molecule has 0 spiro atoms. The minimum absolute atomic E-state index is 0.0166. The van der Waals surface area contributed by atoms with Crippen LogP contribution in [0.3, 0.4) is 0 Å². The third-order valence-electron chi connectivity index (χ3n) is 2.06. The lowest BCUT2D eigenvalue weighted by Crippen LogP contribution is -2.38. The third kappa shape index (κ3) is 3.74. The average molecular weight is 229 g/mol. The average Bonchev–Trinajstić information content (AvgIpc) is 2.46. The van der Waals surface area contributed by atoms with Crippen LogP contribution in [-0.4, -0.2) is 35.0 Å². The van der Waals surface area contributed by atoms with Crippen molar-refractivity contribution in [2.45, 2.75) is 39.3 Å². The first-order chi connectivity index (χ1) is 6.94. The second kappa shape index (κ2) is 4.88. The van der Waals surface area contributed by atoms with Crippen LogP contribution in [0.4, 0.5) is 0 Å². The fourth-order valence-electron chi connectivity index (χ4n) is 1.24. The van der Waals surface area contributed by atoms with Gasteiger partial charge in [0.2, 0.25) is 5.91 Å². The molecule has 0 aliphatic carbocycles. The molecule has 0 aromatic heterocycles. The molecular weight excluding hydrogens is 210 g/mol. The maximum atomic E-state index is 11.4. The predicted molar refractivity (Wildman–Crippen MR) is 65.3 cm³/mol. The largest absolute Gasteiger partial charge is 0.359 e. The highest BCUT2D eigenvalue weighted by molar-refractivity contribution is 8.14. The van der Waals surface area contributed by atoms with Gasteiger partial charge in [-0.05, 0) is 27.7 Å². The molecule has 1 amide bonds. The summed E-state index contributed by atoms with van der Waals surface area (Å²) in [6.07, 6.45) is 0. The first kappa shape index (κ1) is 12.4. The molecule has 0 bridgehead atoms. The van der Waals surface area contributed by atoms with E-state index in [9.17, 15) is 4.79 Å².